The quantitative estimate of drug-likeness (QED) is 0.555. The first-order valence-corrected chi connectivity index (χ1v) is 7.74. The van der Waals surface area contributed by atoms with Crippen LogP contribution < -0.4 is 16.0 Å². The molecule has 0 saturated carbocycles. The lowest BCUT2D eigenvalue weighted by molar-refractivity contribution is -0.128. The molecule has 0 heterocycles. The van der Waals surface area contributed by atoms with Crippen molar-refractivity contribution >= 4 is 23.5 Å². The number of hydrogen-bond donors (Lipinski definition) is 3. The zero-order chi connectivity index (χ0) is 16.6. The van der Waals surface area contributed by atoms with E-state index in [2.05, 4.69) is 20.9 Å². The summed E-state index contributed by atoms with van der Waals surface area (Å²) < 4.78 is 0. The highest BCUT2D eigenvalue weighted by Crippen LogP contribution is 2.15. The van der Waals surface area contributed by atoms with Gasteiger partial charge in [-0.3, -0.25) is 9.79 Å². The SMILES string of the molecule is CCNC(=O)C(C)(C)CNC(=NC)NCc1ccccc1Cl. The minimum Gasteiger partial charge on any atom is -0.356 e. The van der Waals surface area contributed by atoms with Crippen LogP contribution in [0.25, 0.3) is 0 Å². The molecule has 5 nitrogen and oxygen atoms in total. The van der Waals surface area contributed by atoms with Gasteiger partial charge in [0.25, 0.3) is 0 Å². The summed E-state index contributed by atoms with van der Waals surface area (Å²) in [5, 5.41) is 9.92. The zero-order valence-corrected chi connectivity index (χ0v) is 14.4. The number of rotatable bonds is 6. The molecule has 0 bridgehead atoms. The molecule has 0 aliphatic rings. The number of carbonyl (C=O) groups is 1. The zero-order valence-electron chi connectivity index (χ0n) is 13.7. The van der Waals surface area contributed by atoms with Gasteiger partial charge in [-0.1, -0.05) is 29.8 Å². The summed E-state index contributed by atoms with van der Waals surface area (Å²) in [6.45, 7) is 7.38. The largest absolute Gasteiger partial charge is 0.356 e. The fourth-order valence-corrected chi connectivity index (χ4v) is 2.03. The average Bonchev–Trinajstić information content (AvgIpc) is 2.49. The number of halogens is 1. The van der Waals surface area contributed by atoms with E-state index >= 15 is 0 Å². The van der Waals surface area contributed by atoms with E-state index in [1.807, 2.05) is 45.0 Å². The van der Waals surface area contributed by atoms with E-state index in [1.54, 1.807) is 7.05 Å². The molecule has 122 valence electrons. The molecule has 0 aliphatic carbocycles. The third-order valence-corrected chi connectivity index (χ3v) is 3.65. The van der Waals surface area contributed by atoms with Crippen LogP contribution in [0.15, 0.2) is 29.3 Å². The van der Waals surface area contributed by atoms with Gasteiger partial charge in [0, 0.05) is 31.7 Å². The molecule has 0 aliphatic heterocycles. The number of aliphatic imine (C=N–C) groups is 1. The smallest absolute Gasteiger partial charge is 0.227 e. The Balaban J connectivity index is 2.53. The van der Waals surface area contributed by atoms with Gasteiger partial charge in [-0.2, -0.15) is 0 Å². The van der Waals surface area contributed by atoms with Crippen molar-refractivity contribution in [1.82, 2.24) is 16.0 Å². The Morgan fingerprint density at radius 1 is 1.23 bits per heavy atom. The molecule has 0 radical (unpaired) electrons. The van der Waals surface area contributed by atoms with Crippen LogP contribution >= 0.6 is 11.6 Å². The number of guanidine groups is 1. The van der Waals surface area contributed by atoms with Crippen LogP contribution in [0.5, 0.6) is 0 Å². The highest BCUT2D eigenvalue weighted by molar-refractivity contribution is 6.31. The summed E-state index contributed by atoms with van der Waals surface area (Å²) in [7, 11) is 1.70. The molecule has 0 spiro atoms. The first-order valence-electron chi connectivity index (χ1n) is 7.37. The molecule has 1 amide bonds. The normalized spacial score (nSPS) is 12.0. The van der Waals surface area contributed by atoms with E-state index in [0.29, 0.717) is 30.6 Å². The lowest BCUT2D eigenvalue weighted by atomic mass is 9.92. The molecule has 0 saturated heterocycles. The third kappa shape index (κ3) is 5.56. The molecule has 0 fully saturated rings. The van der Waals surface area contributed by atoms with E-state index in [9.17, 15) is 4.79 Å². The molecule has 0 aromatic heterocycles. The molecule has 22 heavy (non-hydrogen) atoms. The van der Waals surface area contributed by atoms with E-state index in [4.69, 9.17) is 11.6 Å². The number of amides is 1. The molecular formula is C16H25ClN4O. The minimum atomic E-state index is -0.516. The summed E-state index contributed by atoms with van der Waals surface area (Å²) in [6.07, 6.45) is 0. The molecule has 1 rings (SSSR count). The molecular weight excluding hydrogens is 300 g/mol. The average molecular weight is 325 g/mol. The van der Waals surface area contributed by atoms with Crippen molar-refractivity contribution in [3.63, 3.8) is 0 Å². The van der Waals surface area contributed by atoms with Gasteiger partial charge in [-0.25, -0.2) is 0 Å². The summed E-state index contributed by atoms with van der Waals surface area (Å²) in [4.78, 5) is 16.1. The first-order chi connectivity index (χ1) is 10.4. The Morgan fingerprint density at radius 2 is 1.91 bits per heavy atom. The molecule has 0 atom stereocenters. The van der Waals surface area contributed by atoms with Crippen molar-refractivity contribution in [3.05, 3.63) is 34.9 Å². The van der Waals surface area contributed by atoms with Crippen molar-refractivity contribution in [3.8, 4) is 0 Å². The second-order valence-corrected chi connectivity index (χ2v) is 6.02. The van der Waals surface area contributed by atoms with Crippen LogP contribution in [0.3, 0.4) is 0 Å². The van der Waals surface area contributed by atoms with Crippen molar-refractivity contribution in [2.24, 2.45) is 10.4 Å². The van der Waals surface area contributed by atoms with Crippen LogP contribution in [-0.4, -0.2) is 32.0 Å². The maximum Gasteiger partial charge on any atom is 0.227 e. The maximum atomic E-state index is 12.0. The Labute approximate surface area is 137 Å². The molecule has 1 aromatic rings. The Hall–Kier alpha value is -1.75. The maximum absolute atomic E-state index is 12.0. The van der Waals surface area contributed by atoms with Gasteiger partial charge in [-0.05, 0) is 32.4 Å². The predicted octanol–water partition coefficient (Wildman–Crippen LogP) is 2.17. The molecule has 3 N–H and O–H groups in total. The van der Waals surface area contributed by atoms with Gasteiger partial charge < -0.3 is 16.0 Å². The van der Waals surface area contributed by atoms with Gasteiger partial charge in [-0.15, -0.1) is 0 Å². The monoisotopic (exact) mass is 324 g/mol. The number of nitrogens with zero attached hydrogens (tertiary/aromatic N) is 1. The van der Waals surface area contributed by atoms with Gasteiger partial charge in [0.1, 0.15) is 0 Å². The fourth-order valence-electron chi connectivity index (χ4n) is 1.83. The Bertz CT molecular complexity index is 529. The van der Waals surface area contributed by atoms with Crippen molar-refractivity contribution in [1.29, 1.82) is 0 Å². The second-order valence-electron chi connectivity index (χ2n) is 5.61. The Kier molecular flexibility index (Phi) is 7.18. The summed E-state index contributed by atoms with van der Waals surface area (Å²) in [6, 6.07) is 7.65. The van der Waals surface area contributed by atoms with Gasteiger partial charge in [0.15, 0.2) is 5.96 Å². The number of benzene rings is 1. The Morgan fingerprint density at radius 3 is 2.50 bits per heavy atom. The fraction of sp³-hybridized carbons (Fsp3) is 0.500. The van der Waals surface area contributed by atoms with Crippen LogP contribution in [0.1, 0.15) is 26.3 Å². The van der Waals surface area contributed by atoms with E-state index < -0.39 is 5.41 Å². The summed E-state index contributed by atoms with van der Waals surface area (Å²) in [5.74, 6) is 0.654. The molecule has 6 heteroatoms. The van der Waals surface area contributed by atoms with Crippen LogP contribution in [0.2, 0.25) is 5.02 Å². The molecule has 0 unspecified atom stereocenters. The van der Waals surface area contributed by atoms with Crippen LogP contribution in [0, 0.1) is 5.41 Å². The van der Waals surface area contributed by atoms with Gasteiger partial charge >= 0.3 is 0 Å². The van der Waals surface area contributed by atoms with E-state index in [1.165, 1.54) is 0 Å². The van der Waals surface area contributed by atoms with Gasteiger partial charge in [0.2, 0.25) is 5.91 Å². The van der Waals surface area contributed by atoms with Crippen LogP contribution in [-0.2, 0) is 11.3 Å². The second kappa shape index (κ2) is 8.63. The van der Waals surface area contributed by atoms with E-state index in [-0.39, 0.29) is 5.91 Å². The minimum absolute atomic E-state index is 0.0176. The van der Waals surface area contributed by atoms with Gasteiger partial charge in [0.05, 0.1) is 5.41 Å². The molecule has 1 aromatic carbocycles. The van der Waals surface area contributed by atoms with E-state index in [0.717, 1.165) is 5.56 Å². The standard InChI is InChI=1S/C16H25ClN4O/c1-5-19-14(22)16(2,3)11-21-15(18-4)20-10-12-8-6-7-9-13(12)17/h6-9H,5,10-11H2,1-4H3,(H,19,22)(H2,18,20,21). The van der Waals surface area contributed by atoms with Crippen molar-refractivity contribution < 1.29 is 4.79 Å². The van der Waals surface area contributed by atoms with Crippen molar-refractivity contribution in [2.45, 2.75) is 27.3 Å². The summed E-state index contributed by atoms with van der Waals surface area (Å²) in [5.41, 5.74) is 0.480. The number of hydrogen-bond acceptors (Lipinski definition) is 2. The highest BCUT2D eigenvalue weighted by Gasteiger charge is 2.27. The number of nitrogens with one attached hydrogen (secondary N) is 3. The number of carbonyl (C=O) groups excluding carboxylic acids is 1. The highest BCUT2D eigenvalue weighted by atomic mass is 35.5. The lowest BCUT2D eigenvalue weighted by Gasteiger charge is -2.24. The topological polar surface area (TPSA) is 65.5 Å². The lowest BCUT2D eigenvalue weighted by Crippen LogP contribution is -2.47. The third-order valence-electron chi connectivity index (χ3n) is 3.28. The first kappa shape index (κ1) is 18.3. The predicted molar refractivity (Wildman–Crippen MR) is 92.1 cm³/mol. The van der Waals surface area contributed by atoms with Crippen molar-refractivity contribution in [2.75, 3.05) is 20.1 Å². The summed E-state index contributed by atoms with van der Waals surface area (Å²) >= 11 is 6.12. The van der Waals surface area contributed by atoms with Crippen LogP contribution in [0.4, 0.5) is 0 Å².